The lowest BCUT2D eigenvalue weighted by atomic mass is 10.2. The number of hydrogen-bond donors (Lipinski definition) is 1. The number of aromatic nitrogens is 4. The highest BCUT2D eigenvalue weighted by Crippen LogP contribution is 2.36. The fourth-order valence-electron chi connectivity index (χ4n) is 2.48. The van der Waals surface area contributed by atoms with Crippen molar-refractivity contribution in [3.63, 3.8) is 0 Å². The van der Waals surface area contributed by atoms with Gasteiger partial charge in [0.2, 0.25) is 0 Å². The SMILES string of the molecule is Cc1ccc2c(Cl)c(C(=O)Nc3ccc(-n4cnnn4)cc3)sc2c1. The molecule has 8 heteroatoms. The van der Waals surface area contributed by atoms with Gasteiger partial charge in [-0.25, -0.2) is 4.68 Å². The van der Waals surface area contributed by atoms with E-state index < -0.39 is 0 Å². The van der Waals surface area contributed by atoms with Gasteiger partial charge in [-0.15, -0.1) is 16.4 Å². The number of tetrazole rings is 1. The summed E-state index contributed by atoms with van der Waals surface area (Å²) in [6.07, 6.45) is 1.51. The third kappa shape index (κ3) is 2.99. The zero-order valence-electron chi connectivity index (χ0n) is 13.1. The van der Waals surface area contributed by atoms with Crippen LogP contribution in [0.2, 0.25) is 5.02 Å². The number of benzene rings is 2. The van der Waals surface area contributed by atoms with Crippen molar-refractivity contribution < 1.29 is 4.79 Å². The van der Waals surface area contributed by atoms with Crippen molar-refractivity contribution >= 4 is 44.6 Å². The molecule has 6 nitrogen and oxygen atoms in total. The van der Waals surface area contributed by atoms with E-state index in [1.807, 2.05) is 37.3 Å². The van der Waals surface area contributed by atoms with Gasteiger partial charge in [0.05, 0.1) is 10.7 Å². The molecule has 0 saturated heterocycles. The van der Waals surface area contributed by atoms with Crippen LogP contribution in [0.4, 0.5) is 5.69 Å². The van der Waals surface area contributed by atoms with E-state index in [9.17, 15) is 4.79 Å². The van der Waals surface area contributed by atoms with Crippen molar-refractivity contribution in [2.45, 2.75) is 6.92 Å². The minimum atomic E-state index is -0.223. The second-order valence-corrected chi connectivity index (χ2v) is 6.93. The summed E-state index contributed by atoms with van der Waals surface area (Å²) in [4.78, 5) is 13.1. The van der Waals surface area contributed by atoms with E-state index in [4.69, 9.17) is 11.6 Å². The van der Waals surface area contributed by atoms with Crippen LogP contribution in [-0.4, -0.2) is 26.1 Å². The average molecular weight is 370 g/mol. The molecule has 4 aromatic rings. The molecule has 0 fully saturated rings. The van der Waals surface area contributed by atoms with Crippen molar-refractivity contribution in [3.8, 4) is 5.69 Å². The molecule has 2 aromatic carbocycles. The molecule has 0 atom stereocenters. The maximum atomic E-state index is 12.6. The standard InChI is InChI=1S/C17H12ClN5OS/c1-10-2-7-13-14(8-10)25-16(15(13)18)17(24)20-11-3-5-12(6-4-11)23-9-19-21-22-23/h2-9H,1H3,(H,20,24). The third-order valence-electron chi connectivity index (χ3n) is 3.73. The first-order valence-corrected chi connectivity index (χ1v) is 8.65. The molecule has 2 aromatic heterocycles. The fourth-order valence-corrected chi connectivity index (χ4v) is 3.99. The highest BCUT2D eigenvalue weighted by Gasteiger charge is 2.17. The maximum Gasteiger partial charge on any atom is 0.267 e. The van der Waals surface area contributed by atoms with E-state index in [2.05, 4.69) is 20.8 Å². The van der Waals surface area contributed by atoms with Crippen LogP contribution in [0.3, 0.4) is 0 Å². The van der Waals surface area contributed by atoms with Gasteiger partial charge in [0, 0.05) is 15.8 Å². The molecule has 0 bridgehead atoms. The number of rotatable bonds is 3. The fraction of sp³-hybridized carbons (Fsp3) is 0.0588. The lowest BCUT2D eigenvalue weighted by Gasteiger charge is -2.05. The lowest BCUT2D eigenvalue weighted by Crippen LogP contribution is -2.10. The number of thiophene rings is 1. The highest BCUT2D eigenvalue weighted by molar-refractivity contribution is 7.21. The second kappa shape index (κ2) is 6.27. The zero-order valence-corrected chi connectivity index (χ0v) is 14.7. The molecular weight excluding hydrogens is 358 g/mol. The molecule has 0 aliphatic rings. The predicted molar refractivity (Wildman–Crippen MR) is 98.7 cm³/mol. The van der Waals surface area contributed by atoms with Crippen LogP contribution in [-0.2, 0) is 0 Å². The van der Waals surface area contributed by atoms with E-state index in [-0.39, 0.29) is 5.91 Å². The summed E-state index contributed by atoms with van der Waals surface area (Å²) in [5.74, 6) is -0.223. The summed E-state index contributed by atoms with van der Waals surface area (Å²) in [5.41, 5.74) is 2.61. The van der Waals surface area contributed by atoms with Crippen LogP contribution in [0.5, 0.6) is 0 Å². The number of nitrogens with zero attached hydrogens (tertiary/aromatic N) is 4. The van der Waals surface area contributed by atoms with E-state index >= 15 is 0 Å². The number of nitrogens with one attached hydrogen (secondary N) is 1. The molecule has 0 radical (unpaired) electrons. The zero-order chi connectivity index (χ0) is 17.4. The Hall–Kier alpha value is -2.77. The normalized spacial score (nSPS) is 11.0. The summed E-state index contributed by atoms with van der Waals surface area (Å²) >= 11 is 7.78. The number of carbonyl (C=O) groups excluding carboxylic acids is 1. The molecule has 0 saturated carbocycles. The first-order valence-electron chi connectivity index (χ1n) is 7.45. The molecule has 1 amide bonds. The topological polar surface area (TPSA) is 72.7 Å². The van der Waals surface area contributed by atoms with Gasteiger partial charge in [0.1, 0.15) is 11.2 Å². The van der Waals surface area contributed by atoms with Crippen LogP contribution >= 0.6 is 22.9 Å². The van der Waals surface area contributed by atoms with Crippen LogP contribution in [0.15, 0.2) is 48.8 Å². The minimum Gasteiger partial charge on any atom is -0.321 e. The Bertz CT molecular complexity index is 1060. The molecule has 0 unspecified atom stereocenters. The second-order valence-electron chi connectivity index (χ2n) is 5.50. The minimum absolute atomic E-state index is 0.223. The monoisotopic (exact) mass is 369 g/mol. The number of anilines is 1. The van der Waals surface area contributed by atoms with Gasteiger partial charge < -0.3 is 5.32 Å². The van der Waals surface area contributed by atoms with Crippen molar-refractivity contribution in [1.82, 2.24) is 20.2 Å². The maximum absolute atomic E-state index is 12.6. The van der Waals surface area contributed by atoms with Crippen LogP contribution < -0.4 is 5.32 Å². The van der Waals surface area contributed by atoms with Crippen LogP contribution in [0, 0.1) is 6.92 Å². The van der Waals surface area contributed by atoms with Crippen molar-refractivity contribution in [2.75, 3.05) is 5.32 Å². The van der Waals surface area contributed by atoms with Crippen molar-refractivity contribution in [2.24, 2.45) is 0 Å². The molecule has 4 rings (SSSR count). The summed E-state index contributed by atoms with van der Waals surface area (Å²) in [7, 11) is 0. The highest BCUT2D eigenvalue weighted by atomic mass is 35.5. The molecule has 0 aliphatic carbocycles. The van der Waals surface area contributed by atoms with Gasteiger partial charge >= 0.3 is 0 Å². The van der Waals surface area contributed by atoms with E-state index in [1.165, 1.54) is 22.3 Å². The van der Waals surface area contributed by atoms with Gasteiger partial charge in [0.15, 0.2) is 0 Å². The number of hydrogen-bond acceptors (Lipinski definition) is 5. The Labute approximate surface area is 152 Å². The number of fused-ring (bicyclic) bond motifs is 1. The molecule has 25 heavy (non-hydrogen) atoms. The van der Waals surface area contributed by atoms with Crippen molar-refractivity contribution in [3.05, 3.63) is 64.3 Å². The Morgan fingerprint density at radius 3 is 2.72 bits per heavy atom. The van der Waals surface area contributed by atoms with Crippen molar-refractivity contribution in [1.29, 1.82) is 0 Å². The molecule has 124 valence electrons. The smallest absolute Gasteiger partial charge is 0.267 e. The first kappa shape index (κ1) is 15.7. The van der Waals surface area contributed by atoms with Gasteiger partial charge in [-0.05, 0) is 53.2 Å². The predicted octanol–water partition coefficient (Wildman–Crippen LogP) is 4.09. The molecule has 0 spiro atoms. The van der Waals surface area contributed by atoms with Gasteiger partial charge in [-0.3, -0.25) is 4.79 Å². The number of aryl methyl sites for hydroxylation is 1. The van der Waals surface area contributed by atoms with Crippen LogP contribution in [0.25, 0.3) is 15.8 Å². The van der Waals surface area contributed by atoms with Gasteiger partial charge in [-0.1, -0.05) is 23.7 Å². The number of carbonyl (C=O) groups is 1. The third-order valence-corrected chi connectivity index (χ3v) is 5.39. The largest absolute Gasteiger partial charge is 0.321 e. The van der Waals surface area contributed by atoms with Gasteiger partial charge in [-0.2, -0.15) is 0 Å². The summed E-state index contributed by atoms with van der Waals surface area (Å²) < 4.78 is 2.54. The Morgan fingerprint density at radius 1 is 1.20 bits per heavy atom. The number of halogens is 1. The Balaban J connectivity index is 1.59. The molecule has 1 N–H and O–H groups in total. The van der Waals surface area contributed by atoms with E-state index in [0.29, 0.717) is 15.6 Å². The number of amides is 1. The summed E-state index contributed by atoms with van der Waals surface area (Å²) in [5, 5.41) is 15.3. The van der Waals surface area contributed by atoms with Gasteiger partial charge in [0.25, 0.3) is 5.91 Å². The van der Waals surface area contributed by atoms with E-state index in [0.717, 1.165) is 21.3 Å². The Morgan fingerprint density at radius 2 is 2.00 bits per heavy atom. The molecular formula is C17H12ClN5OS. The Kier molecular flexibility index (Phi) is 3.95. The molecule has 0 aliphatic heterocycles. The van der Waals surface area contributed by atoms with Crippen LogP contribution in [0.1, 0.15) is 15.2 Å². The summed E-state index contributed by atoms with van der Waals surface area (Å²) in [6.45, 7) is 2.01. The summed E-state index contributed by atoms with van der Waals surface area (Å²) in [6, 6.07) is 13.2. The molecule has 2 heterocycles. The average Bonchev–Trinajstić information content (AvgIpc) is 3.24. The quantitative estimate of drug-likeness (QED) is 0.590. The lowest BCUT2D eigenvalue weighted by molar-refractivity contribution is 0.103. The van der Waals surface area contributed by atoms with E-state index in [1.54, 1.807) is 12.1 Å². The first-order chi connectivity index (χ1) is 12.1.